The summed E-state index contributed by atoms with van der Waals surface area (Å²) in [7, 11) is 1.50. The summed E-state index contributed by atoms with van der Waals surface area (Å²) in [5, 5.41) is 19.4. The Morgan fingerprint density at radius 2 is 2.15 bits per heavy atom. The van der Waals surface area contributed by atoms with E-state index in [1.807, 2.05) is 13.8 Å². The van der Waals surface area contributed by atoms with Crippen molar-refractivity contribution in [3.05, 3.63) is 29.3 Å². The molecule has 1 rings (SSSR count). The molecular formula is C15H16NO4-. The van der Waals surface area contributed by atoms with Gasteiger partial charge in [0.1, 0.15) is 6.07 Å². The highest BCUT2D eigenvalue weighted by Crippen LogP contribution is 2.29. The Morgan fingerprint density at radius 1 is 1.45 bits per heavy atom. The van der Waals surface area contributed by atoms with E-state index in [9.17, 15) is 9.90 Å². The van der Waals surface area contributed by atoms with Gasteiger partial charge in [0.05, 0.1) is 25.3 Å². The summed E-state index contributed by atoms with van der Waals surface area (Å²) in [6.45, 7) is 4.61. The molecule has 0 aliphatic rings. The van der Waals surface area contributed by atoms with Crippen LogP contribution in [0.4, 0.5) is 0 Å². The van der Waals surface area contributed by atoms with E-state index in [0.29, 0.717) is 29.6 Å². The second-order valence-electron chi connectivity index (χ2n) is 4.57. The third-order valence-electron chi connectivity index (χ3n) is 2.41. The number of ether oxygens (including phenoxy) is 2. The first kappa shape index (κ1) is 15.6. The van der Waals surface area contributed by atoms with Crippen LogP contribution in [0.25, 0.3) is 6.08 Å². The number of carboxylic acid groups (broad SMARTS) is 1. The Balaban J connectivity index is 3.04. The number of hydrogen-bond acceptors (Lipinski definition) is 5. The smallest absolute Gasteiger partial charge is 0.161 e. The van der Waals surface area contributed by atoms with Crippen molar-refractivity contribution in [3.63, 3.8) is 0 Å². The van der Waals surface area contributed by atoms with Crippen LogP contribution in [0.5, 0.6) is 11.5 Å². The predicted molar refractivity (Wildman–Crippen MR) is 71.9 cm³/mol. The third-order valence-corrected chi connectivity index (χ3v) is 2.41. The second kappa shape index (κ2) is 7.19. The number of rotatable bonds is 6. The van der Waals surface area contributed by atoms with E-state index in [1.54, 1.807) is 24.3 Å². The number of hydrogen-bond donors (Lipinski definition) is 0. The fraction of sp³-hybridized carbons (Fsp3) is 0.333. The minimum Gasteiger partial charge on any atom is -0.544 e. The number of carbonyl (C=O) groups excluding carboxylic acids is 1. The molecule has 106 valence electrons. The van der Waals surface area contributed by atoms with Crippen LogP contribution in [-0.4, -0.2) is 19.7 Å². The average molecular weight is 274 g/mol. The number of nitriles is 1. The van der Waals surface area contributed by atoms with Crippen molar-refractivity contribution in [3.8, 4) is 17.6 Å². The Kier molecular flexibility index (Phi) is 5.60. The second-order valence-corrected chi connectivity index (χ2v) is 4.57. The molecule has 0 saturated carbocycles. The van der Waals surface area contributed by atoms with Crippen LogP contribution in [0.15, 0.2) is 23.8 Å². The maximum Gasteiger partial charge on any atom is 0.161 e. The van der Waals surface area contributed by atoms with Crippen molar-refractivity contribution in [2.75, 3.05) is 13.7 Å². The van der Waals surface area contributed by atoms with Gasteiger partial charge in [0.2, 0.25) is 0 Å². The summed E-state index contributed by atoms with van der Waals surface area (Å²) in [6.07, 6.45) is 1.23. The van der Waals surface area contributed by atoms with E-state index < -0.39 is 11.5 Å². The highest BCUT2D eigenvalue weighted by molar-refractivity contribution is 5.95. The summed E-state index contributed by atoms with van der Waals surface area (Å²) in [6, 6.07) is 6.51. The molecule has 20 heavy (non-hydrogen) atoms. The van der Waals surface area contributed by atoms with Gasteiger partial charge in [-0.15, -0.1) is 0 Å². The van der Waals surface area contributed by atoms with Gasteiger partial charge in [-0.05, 0) is 29.7 Å². The highest BCUT2D eigenvalue weighted by atomic mass is 16.5. The van der Waals surface area contributed by atoms with Gasteiger partial charge in [-0.2, -0.15) is 5.26 Å². The van der Waals surface area contributed by atoms with Gasteiger partial charge in [0.25, 0.3) is 0 Å². The molecule has 0 atom stereocenters. The number of benzene rings is 1. The molecule has 0 heterocycles. The standard InChI is InChI=1S/C15H17NO4/c1-10(2)9-20-13-5-4-11(7-14(13)19-3)6-12(8-16)15(17)18/h4-7,10H,9H2,1-3H3,(H,17,18)/p-1/b12-6+. The zero-order valence-corrected chi connectivity index (χ0v) is 11.7. The maximum absolute atomic E-state index is 10.7. The molecule has 1 aromatic carbocycles. The monoisotopic (exact) mass is 274 g/mol. The Bertz CT molecular complexity index is 555. The SMILES string of the molecule is COc1cc(/C=C(\C#N)C(=O)[O-])ccc1OCC(C)C. The number of nitrogens with zero attached hydrogens (tertiary/aromatic N) is 1. The predicted octanol–water partition coefficient (Wildman–Crippen LogP) is 1.39. The van der Waals surface area contributed by atoms with Gasteiger partial charge in [-0.3, -0.25) is 0 Å². The molecule has 0 aliphatic carbocycles. The minimum absolute atomic E-state index is 0.377. The number of methoxy groups -OCH3 is 1. The first-order chi connectivity index (χ1) is 9.47. The normalized spacial score (nSPS) is 11.1. The van der Waals surface area contributed by atoms with Crippen LogP contribution >= 0.6 is 0 Å². The molecule has 5 heteroatoms. The summed E-state index contributed by atoms with van der Waals surface area (Å²) in [4.78, 5) is 10.7. The van der Waals surface area contributed by atoms with E-state index in [-0.39, 0.29) is 0 Å². The topological polar surface area (TPSA) is 82.4 Å². The molecule has 0 aliphatic heterocycles. The van der Waals surface area contributed by atoms with Gasteiger partial charge in [-0.1, -0.05) is 19.9 Å². The lowest BCUT2D eigenvalue weighted by Crippen LogP contribution is -2.23. The van der Waals surface area contributed by atoms with Crippen molar-refractivity contribution < 1.29 is 19.4 Å². The number of aliphatic carboxylic acids is 1. The summed E-state index contributed by atoms with van der Waals surface area (Å²) in [5.74, 6) is -0.0745. The maximum atomic E-state index is 10.7. The Labute approximate surface area is 118 Å². The lowest BCUT2D eigenvalue weighted by atomic mass is 10.1. The van der Waals surface area contributed by atoms with Crippen LogP contribution in [-0.2, 0) is 4.79 Å². The minimum atomic E-state index is -1.51. The van der Waals surface area contributed by atoms with Crippen molar-refractivity contribution in [1.82, 2.24) is 0 Å². The Hall–Kier alpha value is -2.48. The molecular weight excluding hydrogens is 258 g/mol. The summed E-state index contributed by atoms with van der Waals surface area (Å²) < 4.78 is 10.8. The number of carbonyl (C=O) groups is 1. The first-order valence-electron chi connectivity index (χ1n) is 6.12. The van der Waals surface area contributed by atoms with Crippen molar-refractivity contribution in [1.29, 1.82) is 5.26 Å². The molecule has 1 aromatic rings. The quantitative estimate of drug-likeness (QED) is 0.578. The van der Waals surface area contributed by atoms with E-state index in [2.05, 4.69) is 0 Å². The van der Waals surface area contributed by atoms with E-state index in [0.717, 1.165) is 0 Å². The largest absolute Gasteiger partial charge is 0.544 e. The van der Waals surface area contributed by atoms with Crippen LogP contribution in [0, 0.1) is 17.2 Å². The fourth-order valence-electron chi connectivity index (χ4n) is 1.45. The third kappa shape index (κ3) is 4.32. The molecule has 5 nitrogen and oxygen atoms in total. The van der Waals surface area contributed by atoms with Crippen molar-refractivity contribution >= 4 is 12.0 Å². The van der Waals surface area contributed by atoms with Crippen molar-refractivity contribution in [2.45, 2.75) is 13.8 Å². The van der Waals surface area contributed by atoms with Gasteiger partial charge in [-0.25, -0.2) is 0 Å². The molecule has 0 fully saturated rings. The number of carboxylic acids is 1. The van der Waals surface area contributed by atoms with E-state index in [4.69, 9.17) is 14.7 Å². The van der Waals surface area contributed by atoms with E-state index >= 15 is 0 Å². The lowest BCUT2D eigenvalue weighted by molar-refractivity contribution is -0.298. The zero-order chi connectivity index (χ0) is 15.1. The molecule has 0 spiro atoms. The van der Waals surface area contributed by atoms with Gasteiger partial charge in [0, 0.05) is 0 Å². The highest BCUT2D eigenvalue weighted by Gasteiger charge is 2.07. The van der Waals surface area contributed by atoms with Gasteiger partial charge >= 0.3 is 0 Å². The van der Waals surface area contributed by atoms with Crippen LogP contribution < -0.4 is 14.6 Å². The summed E-state index contributed by atoms with van der Waals surface area (Å²) >= 11 is 0. The van der Waals surface area contributed by atoms with Crippen LogP contribution in [0.3, 0.4) is 0 Å². The van der Waals surface area contributed by atoms with Crippen molar-refractivity contribution in [2.24, 2.45) is 5.92 Å². The molecule has 0 aromatic heterocycles. The molecule has 0 saturated heterocycles. The Morgan fingerprint density at radius 3 is 2.65 bits per heavy atom. The van der Waals surface area contributed by atoms with Gasteiger partial charge in [0.15, 0.2) is 11.5 Å². The first-order valence-corrected chi connectivity index (χ1v) is 6.12. The van der Waals surface area contributed by atoms with Crippen LogP contribution in [0.1, 0.15) is 19.4 Å². The average Bonchev–Trinajstić information content (AvgIpc) is 2.42. The van der Waals surface area contributed by atoms with E-state index in [1.165, 1.54) is 13.2 Å². The fourth-order valence-corrected chi connectivity index (χ4v) is 1.45. The molecule has 0 amide bonds. The lowest BCUT2D eigenvalue weighted by Gasteiger charge is -2.13. The zero-order valence-electron chi connectivity index (χ0n) is 11.7. The molecule has 0 bridgehead atoms. The molecule has 0 N–H and O–H groups in total. The summed E-state index contributed by atoms with van der Waals surface area (Å²) in [5.41, 5.74) is 0.0856. The molecule has 0 unspecified atom stereocenters. The van der Waals surface area contributed by atoms with Crippen LogP contribution in [0.2, 0.25) is 0 Å². The molecule has 0 radical (unpaired) electrons. The van der Waals surface area contributed by atoms with Gasteiger partial charge < -0.3 is 19.4 Å².